The molecule has 0 bridgehead atoms. The molecule has 1 unspecified atom stereocenters. The number of furan rings is 1. The number of methoxy groups -OCH3 is 1. The molecule has 0 spiro atoms. The first-order valence-electron chi connectivity index (χ1n) is 9.89. The summed E-state index contributed by atoms with van der Waals surface area (Å²) in [6.07, 6.45) is 0.169. The second-order valence-corrected chi connectivity index (χ2v) is 7.49. The van der Waals surface area contributed by atoms with Gasteiger partial charge in [-0.05, 0) is 38.1 Å². The second-order valence-electron chi connectivity index (χ2n) is 7.49. The first-order valence-corrected chi connectivity index (χ1v) is 9.89. The number of nitrogens with zero attached hydrogens (tertiary/aromatic N) is 1. The van der Waals surface area contributed by atoms with E-state index in [0.29, 0.717) is 23.7 Å². The van der Waals surface area contributed by atoms with Crippen LogP contribution in [0.3, 0.4) is 0 Å². The number of nitrogens with one attached hydrogen (secondary N) is 1. The monoisotopic (exact) mass is 431 g/mol. The van der Waals surface area contributed by atoms with Crippen LogP contribution >= 0.6 is 0 Å². The highest BCUT2D eigenvalue weighted by Gasteiger charge is 2.45. The number of aryl methyl sites for hydroxylation is 1. The van der Waals surface area contributed by atoms with E-state index in [9.17, 15) is 13.6 Å². The van der Waals surface area contributed by atoms with Gasteiger partial charge < -0.3 is 24.9 Å². The number of aromatic nitrogens is 1. The summed E-state index contributed by atoms with van der Waals surface area (Å²) in [6, 6.07) is 8.40. The lowest BCUT2D eigenvalue weighted by molar-refractivity contribution is -0.0423. The van der Waals surface area contributed by atoms with Gasteiger partial charge in [-0.1, -0.05) is 6.07 Å². The number of pyridine rings is 1. The van der Waals surface area contributed by atoms with Gasteiger partial charge in [0.05, 0.1) is 30.8 Å². The van der Waals surface area contributed by atoms with Gasteiger partial charge in [0.2, 0.25) is 5.88 Å². The van der Waals surface area contributed by atoms with Crippen molar-refractivity contribution in [3.63, 3.8) is 0 Å². The summed E-state index contributed by atoms with van der Waals surface area (Å²) < 4.78 is 46.7. The number of fused-ring (bicyclic) bond motifs is 1. The Bertz CT molecular complexity index is 1130. The van der Waals surface area contributed by atoms with Crippen LogP contribution in [0.5, 0.6) is 11.6 Å². The van der Waals surface area contributed by atoms with Crippen molar-refractivity contribution in [3.05, 3.63) is 52.9 Å². The van der Waals surface area contributed by atoms with Crippen molar-refractivity contribution in [2.75, 3.05) is 20.2 Å². The first kappa shape index (κ1) is 21.0. The fourth-order valence-corrected chi connectivity index (χ4v) is 4.08. The smallest absolute Gasteiger partial charge is 0.267 e. The van der Waals surface area contributed by atoms with Crippen LogP contribution in [0.2, 0.25) is 0 Å². The fraction of sp³-hybridized carbons (Fsp3) is 0.364. The number of rotatable bonds is 6. The van der Waals surface area contributed by atoms with E-state index in [1.165, 1.54) is 7.11 Å². The summed E-state index contributed by atoms with van der Waals surface area (Å²) >= 11 is 0. The van der Waals surface area contributed by atoms with Crippen molar-refractivity contribution >= 4 is 16.9 Å². The Balaban J connectivity index is 1.84. The molecular formula is C22H23F2N3O4. The maximum absolute atomic E-state index is 15.0. The van der Waals surface area contributed by atoms with Crippen LogP contribution in [-0.2, 0) is 6.61 Å². The van der Waals surface area contributed by atoms with E-state index in [0.717, 1.165) is 0 Å². The molecule has 3 heterocycles. The molecule has 4 rings (SSSR count). The Hall–Kier alpha value is -3.20. The zero-order valence-corrected chi connectivity index (χ0v) is 17.2. The lowest BCUT2D eigenvalue weighted by Crippen LogP contribution is -2.44. The number of piperidine rings is 1. The largest absolute Gasteiger partial charge is 0.487 e. The van der Waals surface area contributed by atoms with Gasteiger partial charge in [-0.3, -0.25) is 4.79 Å². The van der Waals surface area contributed by atoms with Crippen LogP contribution in [0.15, 0.2) is 34.7 Å². The van der Waals surface area contributed by atoms with Gasteiger partial charge in [-0.15, -0.1) is 0 Å². The molecule has 1 saturated heterocycles. The zero-order valence-electron chi connectivity index (χ0n) is 17.2. The number of alkyl halides is 2. The molecule has 2 aromatic heterocycles. The van der Waals surface area contributed by atoms with Crippen molar-refractivity contribution in [2.45, 2.75) is 31.8 Å². The molecule has 0 aliphatic carbocycles. The van der Waals surface area contributed by atoms with Crippen LogP contribution in [0.4, 0.5) is 8.78 Å². The molecule has 7 nitrogen and oxygen atoms in total. The topological polar surface area (TPSA) is 99.6 Å². The molecule has 9 heteroatoms. The predicted molar refractivity (Wildman–Crippen MR) is 110 cm³/mol. The summed E-state index contributed by atoms with van der Waals surface area (Å²) in [5.74, 6) is -4.00. The lowest BCUT2D eigenvalue weighted by atomic mass is 9.83. The van der Waals surface area contributed by atoms with E-state index < -0.39 is 24.3 Å². The lowest BCUT2D eigenvalue weighted by Gasteiger charge is -2.33. The molecule has 1 aliphatic rings. The van der Waals surface area contributed by atoms with Crippen molar-refractivity contribution in [2.24, 2.45) is 5.73 Å². The van der Waals surface area contributed by atoms with Crippen molar-refractivity contribution in [1.82, 2.24) is 10.3 Å². The maximum atomic E-state index is 15.0. The Morgan fingerprint density at radius 2 is 2.16 bits per heavy atom. The minimum Gasteiger partial charge on any atom is -0.487 e. The minimum absolute atomic E-state index is 0.0367. The standard InChI is InChI=1S/C22H23F2N3O4/c1-12-18(21(25)28)20-16(31-12)7-6-15(19(20)14-8-9-26-11-22(14,23)24)30-10-13-4-3-5-17(27-13)29-2/h3-7,14,26H,8-11H2,1-2H3,(H2,25,28). The molecule has 1 fully saturated rings. The van der Waals surface area contributed by atoms with E-state index in [2.05, 4.69) is 10.3 Å². The Morgan fingerprint density at radius 1 is 1.35 bits per heavy atom. The number of amides is 1. The zero-order chi connectivity index (χ0) is 22.2. The van der Waals surface area contributed by atoms with E-state index in [1.54, 1.807) is 37.3 Å². The summed E-state index contributed by atoms with van der Waals surface area (Å²) in [4.78, 5) is 16.4. The Kier molecular flexibility index (Phi) is 5.53. The molecule has 1 aromatic carbocycles. The number of benzene rings is 1. The van der Waals surface area contributed by atoms with E-state index in [-0.39, 0.29) is 41.1 Å². The number of nitrogens with two attached hydrogens (primary N) is 1. The van der Waals surface area contributed by atoms with E-state index >= 15 is 0 Å². The number of hydrogen-bond acceptors (Lipinski definition) is 6. The number of ether oxygens (including phenoxy) is 2. The van der Waals surface area contributed by atoms with Gasteiger partial charge in [0, 0.05) is 17.0 Å². The summed E-state index contributed by atoms with van der Waals surface area (Å²) in [6.45, 7) is 1.57. The average Bonchev–Trinajstić information content (AvgIpc) is 3.08. The van der Waals surface area contributed by atoms with E-state index in [4.69, 9.17) is 19.6 Å². The van der Waals surface area contributed by atoms with Crippen LogP contribution in [0.25, 0.3) is 11.0 Å². The Labute approximate surface area is 177 Å². The van der Waals surface area contributed by atoms with E-state index in [1.807, 2.05) is 0 Å². The number of carbonyl (C=O) groups excluding carboxylic acids is 1. The highest BCUT2D eigenvalue weighted by Crippen LogP contribution is 2.47. The molecule has 0 saturated carbocycles. The van der Waals surface area contributed by atoms with Gasteiger partial charge in [-0.2, -0.15) is 0 Å². The van der Waals surface area contributed by atoms with Crippen molar-refractivity contribution in [1.29, 1.82) is 0 Å². The molecule has 3 N–H and O–H groups in total. The van der Waals surface area contributed by atoms with Crippen LogP contribution in [0, 0.1) is 6.92 Å². The Morgan fingerprint density at radius 3 is 2.87 bits per heavy atom. The number of carbonyl (C=O) groups is 1. The highest BCUT2D eigenvalue weighted by molar-refractivity contribution is 6.08. The van der Waals surface area contributed by atoms with Crippen LogP contribution in [-0.4, -0.2) is 37.0 Å². The third-order valence-corrected chi connectivity index (χ3v) is 5.47. The first-order chi connectivity index (χ1) is 14.8. The van der Waals surface area contributed by atoms with Gasteiger partial charge >= 0.3 is 0 Å². The fourth-order valence-electron chi connectivity index (χ4n) is 4.08. The number of halogens is 2. The summed E-state index contributed by atoms with van der Waals surface area (Å²) in [5.41, 5.74) is 6.80. The normalized spacial score (nSPS) is 18.1. The van der Waals surface area contributed by atoms with Gasteiger partial charge in [0.1, 0.15) is 23.7 Å². The van der Waals surface area contributed by atoms with Gasteiger partial charge in [0.25, 0.3) is 11.8 Å². The summed E-state index contributed by atoms with van der Waals surface area (Å²) in [5, 5.41) is 3.01. The third kappa shape index (κ3) is 3.93. The predicted octanol–water partition coefficient (Wildman–Crippen LogP) is 3.53. The SMILES string of the molecule is COc1cccc(COc2ccc3oc(C)c(C(N)=O)c3c2C2CCNCC2(F)F)n1. The van der Waals surface area contributed by atoms with Gasteiger partial charge in [-0.25, -0.2) is 13.8 Å². The minimum atomic E-state index is -3.04. The molecule has 1 atom stereocenters. The van der Waals surface area contributed by atoms with Crippen molar-refractivity contribution in [3.8, 4) is 11.6 Å². The molecular weight excluding hydrogens is 408 g/mol. The van der Waals surface area contributed by atoms with Crippen molar-refractivity contribution < 1.29 is 27.5 Å². The molecule has 0 radical (unpaired) electrons. The van der Waals surface area contributed by atoms with Crippen LogP contribution < -0.4 is 20.5 Å². The highest BCUT2D eigenvalue weighted by atomic mass is 19.3. The number of hydrogen-bond donors (Lipinski definition) is 2. The molecule has 1 aliphatic heterocycles. The van der Waals surface area contributed by atoms with Crippen LogP contribution in [0.1, 0.15) is 39.7 Å². The molecule has 31 heavy (non-hydrogen) atoms. The summed E-state index contributed by atoms with van der Waals surface area (Å²) in [7, 11) is 1.50. The third-order valence-electron chi connectivity index (χ3n) is 5.47. The second kappa shape index (κ2) is 8.14. The molecule has 1 amide bonds. The maximum Gasteiger partial charge on any atom is 0.267 e. The van der Waals surface area contributed by atoms with Gasteiger partial charge in [0.15, 0.2) is 0 Å². The number of primary amides is 1. The molecule has 164 valence electrons. The average molecular weight is 431 g/mol. The molecule has 3 aromatic rings. The quantitative estimate of drug-likeness (QED) is 0.619.